The predicted molar refractivity (Wildman–Crippen MR) is 118 cm³/mol. The number of fused-ring (bicyclic) bond motifs is 5. The summed E-state index contributed by atoms with van der Waals surface area (Å²) in [5.74, 6) is -2.05. The van der Waals surface area contributed by atoms with E-state index in [0.29, 0.717) is 19.3 Å². The van der Waals surface area contributed by atoms with Gasteiger partial charge in [-0.3, -0.25) is 14.4 Å². The molecule has 4 aliphatic carbocycles. The maximum absolute atomic E-state index is 13.7. The van der Waals surface area contributed by atoms with Gasteiger partial charge in [0.25, 0.3) is 0 Å². The number of esters is 2. The van der Waals surface area contributed by atoms with Crippen LogP contribution in [0.4, 0.5) is 0 Å². The van der Waals surface area contributed by atoms with Crippen LogP contribution >= 0.6 is 23.2 Å². The van der Waals surface area contributed by atoms with Crippen LogP contribution < -0.4 is 0 Å². The van der Waals surface area contributed by atoms with E-state index in [-0.39, 0.29) is 35.9 Å². The van der Waals surface area contributed by atoms with E-state index in [9.17, 15) is 19.2 Å². The van der Waals surface area contributed by atoms with Crippen LogP contribution in [0.25, 0.3) is 0 Å². The second kappa shape index (κ2) is 8.43. The van der Waals surface area contributed by atoms with Crippen molar-refractivity contribution in [1.29, 1.82) is 0 Å². The number of rotatable bonds is 4. The lowest BCUT2D eigenvalue weighted by atomic mass is 9.46. The average molecular weight is 485 g/mol. The molecule has 176 valence electrons. The largest absolute Gasteiger partial charge is 0.465 e. The van der Waals surface area contributed by atoms with Gasteiger partial charge in [-0.1, -0.05) is 42.6 Å². The third-order valence-electron chi connectivity index (χ3n) is 8.63. The summed E-state index contributed by atoms with van der Waals surface area (Å²) in [4.78, 5) is 49.6. The first-order chi connectivity index (χ1) is 15.0. The summed E-state index contributed by atoms with van der Waals surface area (Å²) in [7, 11) is 0. The van der Waals surface area contributed by atoms with Crippen LogP contribution in [0.2, 0.25) is 0 Å². The van der Waals surface area contributed by atoms with Crippen molar-refractivity contribution in [2.75, 3.05) is 6.61 Å². The van der Waals surface area contributed by atoms with Crippen LogP contribution in [0.1, 0.15) is 59.3 Å². The van der Waals surface area contributed by atoms with Gasteiger partial charge in [-0.05, 0) is 56.9 Å². The summed E-state index contributed by atoms with van der Waals surface area (Å²) in [5, 5.41) is 0. The van der Waals surface area contributed by atoms with Gasteiger partial charge in [-0.2, -0.15) is 0 Å². The highest BCUT2D eigenvalue weighted by Crippen LogP contribution is 2.65. The molecular formula is C24H30Cl2O6. The van der Waals surface area contributed by atoms with Gasteiger partial charge in [0, 0.05) is 23.2 Å². The lowest BCUT2D eigenvalue weighted by molar-refractivity contribution is -0.165. The van der Waals surface area contributed by atoms with Crippen LogP contribution in [0.3, 0.4) is 0 Å². The predicted octanol–water partition coefficient (Wildman–Crippen LogP) is 4.20. The molecule has 0 saturated heterocycles. The number of halogens is 2. The van der Waals surface area contributed by atoms with Gasteiger partial charge in [0.1, 0.15) is 17.8 Å². The van der Waals surface area contributed by atoms with Crippen molar-refractivity contribution in [3.05, 3.63) is 11.6 Å². The standard InChI is InChI=1S/C24H30Cl2O6/c1-4-31-21(29)14-10-23(2)12(9-16(14)27)5-6-13-15-7-8-18(32-22(30)20(25)26)24(15,3)11-17(28)19(13)23/h9,13-15,18-20H,4-8,10-11H2,1-3H3/t13-,14?,15-,18?,19-,23-,24-/m0/s1. The average Bonchev–Trinajstić information content (AvgIpc) is 3.03. The summed E-state index contributed by atoms with van der Waals surface area (Å²) in [6, 6.07) is 0. The summed E-state index contributed by atoms with van der Waals surface area (Å²) < 4.78 is 10.8. The Morgan fingerprint density at radius 3 is 2.56 bits per heavy atom. The Bertz CT molecular complexity index is 882. The first kappa shape index (κ1) is 23.7. The molecule has 0 aliphatic heterocycles. The Labute approximate surface area is 198 Å². The zero-order valence-electron chi connectivity index (χ0n) is 18.7. The molecule has 3 fully saturated rings. The van der Waals surface area contributed by atoms with Crippen LogP contribution in [-0.2, 0) is 28.7 Å². The number of carbonyl (C=O) groups excluding carboxylic acids is 4. The first-order valence-corrected chi connectivity index (χ1v) is 12.3. The van der Waals surface area contributed by atoms with Crippen LogP contribution in [-0.4, -0.2) is 41.1 Å². The van der Waals surface area contributed by atoms with Crippen molar-refractivity contribution in [2.45, 2.75) is 70.2 Å². The minimum atomic E-state index is -1.24. The van der Waals surface area contributed by atoms with Crippen LogP contribution in [0, 0.1) is 34.5 Å². The molecule has 0 N–H and O–H groups in total. The number of Topliss-reactive ketones (excluding diaryl/α,β-unsaturated/α-hetero) is 1. The molecule has 3 saturated carbocycles. The molecule has 32 heavy (non-hydrogen) atoms. The molecule has 0 bridgehead atoms. The Balaban J connectivity index is 1.63. The van der Waals surface area contributed by atoms with Crippen molar-refractivity contribution in [2.24, 2.45) is 34.5 Å². The zero-order chi connectivity index (χ0) is 23.4. The molecule has 2 unspecified atom stereocenters. The Kier molecular flexibility index (Phi) is 6.25. The fraction of sp³-hybridized carbons (Fsp3) is 0.750. The van der Waals surface area contributed by atoms with Gasteiger partial charge < -0.3 is 9.47 Å². The van der Waals surface area contributed by atoms with Crippen molar-refractivity contribution in [1.82, 2.24) is 0 Å². The van der Waals surface area contributed by atoms with Crippen LogP contribution in [0.15, 0.2) is 11.6 Å². The van der Waals surface area contributed by atoms with Gasteiger partial charge in [-0.25, -0.2) is 4.79 Å². The maximum atomic E-state index is 13.7. The van der Waals surface area contributed by atoms with E-state index in [1.165, 1.54) is 0 Å². The number of ether oxygens (including phenoxy) is 2. The lowest BCUT2D eigenvalue weighted by Gasteiger charge is -2.57. The minimum absolute atomic E-state index is 0.117. The van der Waals surface area contributed by atoms with E-state index in [1.54, 1.807) is 13.0 Å². The number of ketones is 2. The van der Waals surface area contributed by atoms with Crippen molar-refractivity contribution in [3.63, 3.8) is 0 Å². The Hall–Kier alpha value is -1.40. The molecule has 4 rings (SSSR count). The second-order valence-corrected chi connectivity index (χ2v) is 11.3. The molecule has 0 aromatic heterocycles. The molecular weight excluding hydrogens is 455 g/mol. The van der Waals surface area contributed by atoms with Crippen LogP contribution in [0.5, 0.6) is 0 Å². The molecule has 0 spiro atoms. The fourth-order valence-electron chi connectivity index (χ4n) is 7.26. The Morgan fingerprint density at radius 2 is 1.91 bits per heavy atom. The van der Waals surface area contributed by atoms with Gasteiger partial charge in [0.15, 0.2) is 5.78 Å². The van der Waals surface area contributed by atoms with Gasteiger partial charge >= 0.3 is 11.9 Å². The summed E-state index contributed by atoms with van der Waals surface area (Å²) in [5.41, 5.74) is -0.0211. The number of hydrogen-bond donors (Lipinski definition) is 0. The highest BCUT2D eigenvalue weighted by molar-refractivity contribution is 6.52. The molecule has 4 aliphatic rings. The van der Waals surface area contributed by atoms with Crippen molar-refractivity contribution < 1.29 is 28.7 Å². The number of carbonyl (C=O) groups is 4. The molecule has 0 radical (unpaired) electrons. The van der Waals surface area contributed by atoms with Crippen molar-refractivity contribution in [3.8, 4) is 0 Å². The quantitative estimate of drug-likeness (QED) is 0.337. The lowest BCUT2D eigenvalue weighted by Crippen LogP contribution is -2.57. The summed E-state index contributed by atoms with van der Waals surface area (Å²) in [6.45, 7) is 6.00. The smallest absolute Gasteiger partial charge is 0.339 e. The van der Waals surface area contributed by atoms with E-state index in [4.69, 9.17) is 32.7 Å². The van der Waals surface area contributed by atoms with E-state index in [1.807, 2.05) is 13.8 Å². The second-order valence-electron chi connectivity index (χ2n) is 10.2. The van der Waals surface area contributed by atoms with Gasteiger partial charge in [-0.15, -0.1) is 0 Å². The maximum Gasteiger partial charge on any atom is 0.339 e. The van der Waals surface area contributed by atoms with E-state index < -0.39 is 39.6 Å². The van der Waals surface area contributed by atoms with Gasteiger partial charge in [0.2, 0.25) is 4.84 Å². The molecule has 8 heteroatoms. The molecule has 0 aromatic rings. The van der Waals surface area contributed by atoms with E-state index in [0.717, 1.165) is 24.8 Å². The number of allylic oxidation sites excluding steroid dienone is 1. The fourth-order valence-corrected chi connectivity index (χ4v) is 7.36. The normalized spacial score (nSPS) is 40.8. The number of alkyl halides is 2. The SMILES string of the molecule is CCOC(=O)C1C[C@@]2(C)C(=CC1=O)CC[C@@H]1[C@H]2C(=O)C[C@]2(C)C(OC(=O)C(Cl)Cl)CC[C@@H]12. The molecule has 6 nitrogen and oxygen atoms in total. The molecule has 0 heterocycles. The number of hydrogen-bond acceptors (Lipinski definition) is 6. The molecule has 7 atom stereocenters. The molecule has 0 amide bonds. The third kappa shape index (κ3) is 3.62. The topological polar surface area (TPSA) is 86.7 Å². The first-order valence-electron chi connectivity index (χ1n) is 11.5. The summed E-state index contributed by atoms with van der Waals surface area (Å²) >= 11 is 11.4. The minimum Gasteiger partial charge on any atom is -0.465 e. The van der Waals surface area contributed by atoms with Crippen molar-refractivity contribution >= 4 is 46.7 Å². The van der Waals surface area contributed by atoms with Gasteiger partial charge in [0.05, 0.1) is 6.61 Å². The highest BCUT2D eigenvalue weighted by atomic mass is 35.5. The Morgan fingerprint density at radius 1 is 1.19 bits per heavy atom. The monoisotopic (exact) mass is 484 g/mol. The third-order valence-corrected chi connectivity index (χ3v) is 8.99. The molecule has 0 aromatic carbocycles. The van der Waals surface area contributed by atoms with E-state index in [2.05, 4.69) is 0 Å². The summed E-state index contributed by atoms with van der Waals surface area (Å²) in [6.07, 6.45) is 4.88. The zero-order valence-corrected chi connectivity index (χ0v) is 20.2. The highest BCUT2D eigenvalue weighted by Gasteiger charge is 2.64. The van der Waals surface area contributed by atoms with E-state index >= 15 is 0 Å².